The van der Waals surface area contributed by atoms with Crippen LogP contribution in [0.2, 0.25) is 0 Å². The van der Waals surface area contributed by atoms with Crippen LogP contribution in [-0.4, -0.2) is 46.2 Å². The number of aromatic amines is 1. The average molecular weight is 409 g/mol. The van der Waals surface area contributed by atoms with Crippen molar-refractivity contribution in [2.75, 3.05) is 19.6 Å². The highest BCUT2D eigenvalue weighted by molar-refractivity contribution is 5.95. The highest BCUT2D eigenvalue weighted by atomic mass is 35.5. The predicted molar refractivity (Wildman–Crippen MR) is 111 cm³/mol. The number of hydrogen-bond donors (Lipinski definition) is 4. The summed E-state index contributed by atoms with van der Waals surface area (Å²) < 4.78 is 0. The van der Waals surface area contributed by atoms with E-state index in [4.69, 9.17) is 0 Å². The molecule has 27 heavy (non-hydrogen) atoms. The second-order valence-corrected chi connectivity index (χ2v) is 6.55. The number of benzene rings is 2. The third-order valence-electron chi connectivity index (χ3n) is 4.68. The molecule has 0 bridgehead atoms. The zero-order chi connectivity index (χ0) is 17.3. The van der Waals surface area contributed by atoms with Gasteiger partial charge in [-0.15, -0.1) is 24.8 Å². The molecule has 3 aromatic rings. The number of imidazole rings is 1. The number of nitrogens with zero attached hydrogens (tertiary/aromatic N) is 1. The molecule has 1 amide bonds. The fraction of sp³-hybridized carbons (Fsp3) is 0.263. The van der Waals surface area contributed by atoms with Crippen LogP contribution in [0.1, 0.15) is 16.8 Å². The zero-order valence-electron chi connectivity index (χ0n) is 14.6. The first-order valence-corrected chi connectivity index (χ1v) is 8.38. The van der Waals surface area contributed by atoms with Gasteiger partial charge in [0.15, 0.2) is 0 Å². The lowest BCUT2D eigenvalue weighted by molar-refractivity contribution is 0.0562. The van der Waals surface area contributed by atoms with Crippen LogP contribution < -0.4 is 10.6 Å². The van der Waals surface area contributed by atoms with Crippen molar-refractivity contribution in [3.63, 3.8) is 0 Å². The number of β-amino-alcohol motifs (C(OH)–C–C–N with tert-alkyl or cyclic N) is 1. The first kappa shape index (κ1) is 21.2. The van der Waals surface area contributed by atoms with Crippen molar-refractivity contribution in [3.05, 3.63) is 54.4 Å². The van der Waals surface area contributed by atoms with Crippen molar-refractivity contribution in [1.29, 1.82) is 0 Å². The summed E-state index contributed by atoms with van der Waals surface area (Å²) in [4.78, 5) is 19.8. The standard InChI is InChI=1S/C19H20N4O2.2ClH/c24-18(21-11-19(25)6-7-20-10-19)15-3-1-2-13(8-15)14-4-5-16-17(9-14)23-12-22-16;;/h1-5,8-9,12,20,25H,6-7,10-11H2,(H,21,24)(H,22,23);2*1H. The molecule has 1 aliphatic heterocycles. The largest absolute Gasteiger partial charge is 0.387 e. The Morgan fingerprint density at radius 2 is 2.00 bits per heavy atom. The van der Waals surface area contributed by atoms with E-state index in [0.717, 1.165) is 28.7 Å². The van der Waals surface area contributed by atoms with Crippen LogP contribution >= 0.6 is 24.8 Å². The molecule has 1 unspecified atom stereocenters. The Morgan fingerprint density at radius 3 is 2.78 bits per heavy atom. The number of aliphatic hydroxyl groups is 1. The van der Waals surface area contributed by atoms with E-state index in [0.29, 0.717) is 18.5 Å². The molecular weight excluding hydrogens is 387 g/mol. The van der Waals surface area contributed by atoms with Gasteiger partial charge in [0.1, 0.15) is 0 Å². The number of amides is 1. The second kappa shape index (κ2) is 8.71. The number of rotatable bonds is 4. The number of carbonyl (C=O) groups excluding carboxylic acids is 1. The van der Waals surface area contributed by atoms with Gasteiger partial charge in [0.05, 0.1) is 23.0 Å². The highest BCUT2D eigenvalue weighted by Gasteiger charge is 2.31. The first-order chi connectivity index (χ1) is 12.1. The highest BCUT2D eigenvalue weighted by Crippen LogP contribution is 2.24. The average Bonchev–Trinajstić information content (AvgIpc) is 3.28. The Morgan fingerprint density at radius 1 is 1.19 bits per heavy atom. The SMILES string of the molecule is Cl.Cl.O=C(NCC1(O)CCNC1)c1cccc(-c2ccc3nc[nH]c3c2)c1. The summed E-state index contributed by atoms with van der Waals surface area (Å²) in [5.41, 5.74) is 3.59. The van der Waals surface area contributed by atoms with E-state index in [1.807, 2.05) is 36.4 Å². The maximum atomic E-state index is 12.4. The lowest BCUT2D eigenvalue weighted by Gasteiger charge is -2.21. The monoisotopic (exact) mass is 408 g/mol. The molecule has 4 N–H and O–H groups in total. The molecule has 8 heteroatoms. The molecule has 0 radical (unpaired) electrons. The van der Waals surface area contributed by atoms with Crippen LogP contribution in [0.5, 0.6) is 0 Å². The Bertz CT molecular complexity index is 923. The Balaban J connectivity index is 0.00000131. The number of carbonyl (C=O) groups is 1. The third-order valence-corrected chi connectivity index (χ3v) is 4.68. The van der Waals surface area contributed by atoms with Crippen LogP contribution in [0.15, 0.2) is 48.8 Å². The summed E-state index contributed by atoms with van der Waals surface area (Å²) in [7, 11) is 0. The number of hydrogen-bond acceptors (Lipinski definition) is 4. The van der Waals surface area contributed by atoms with Crippen molar-refractivity contribution >= 4 is 41.8 Å². The molecule has 4 rings (SSSR count). The third kappa shape index (κ3) is 4.59. The van der Waals surface area contributed by atoms with Gasteiger partial charge in [-0.1, -0.05) is 18.2 Å². The maximum Gasteiger partial charge on any atom is 0.251 e. The van der Waals surface area contributed by atoms with Gasteiger partial charge < -0.3 is 20.7 Å². The van der Waals surface area contributed by atoms with E-state index < -0.39 is 5.60 Å². The van der Waals surface area contributed by atoms with Gasteiger partial charge in [0.25, 0.3) is 5.91 Å². The summed E-state index contributed by atoms with van der Waals surface area (Å²) in [6.45, 7) is 1.54. The second-order valence-electron chi connectivity index (χ2n) is 6.55. The van der Waals surface area contributed by atoms with Crippen LogP contribution in [-0.2, 0) is 0 Å². The Hall–Kier alpha value is -2.12. The lowest BCUT2D eigenvalue weighted by atomic mass is 10.0. The molecule has 2 aromatic carbocycles. The van der Waals surface area contributed by atoms with E-state index >= 15 is 0 Å². The van der Waals surface area contributed by atoms with Crippen molar-refractivity contribution in [2.45, 2.75) is 12.0 Å². The zero-order valence-corrected chi connectivity index (χ0v) is 16.2. The fourth-order valence-electron chi connectivity index (χ4n) is 3.18. The summed E-state index contributed by atoms with van der Waals surface area (Å²) in [6.07, 6.45) is 2.32. The van der Waals surface area contributed by atoms with E-state index in [1.165, 1.54) is 0 Å². The number of aromatic nitrogens is 2. The Labute approximate surface area is 169 Å². The quantitative estimate of drug-likeness (QED) is 0.533. The first-order valence-electron chi connectivity index (χ1n) is 8.38. The molecule has 1 atom stereocenters. The van der Waals surface area contributed by atoms with Gasteiger partial charge in [-0.2, -0.15) is 0 Å². The number of fused-ring (bicyclic) bond motifs is 1. The van der Waals surface area contributed by atoms with E-state index in [2.05, 4.69) is 20.6 Å². The van der Waals surface area contributed by atoms with Crippen LogP contribution in [0.4, 0.5) is 0 Å². The minimum atomic E-state index is -0.848. The van der Waals surface area contributed by atoms with Gasteiger partial charge >= 0.3 is 0 Å². The summed E-state index contributed by atoms with van der Waals surface area (Å²) in [5, 5.41) is 16.3. The number of halogens is 2. The van der Waals surface area contributed by atoms with Gasteiger partial charge in [0, 0.05) is 18.7 Å². The van der Waals surface area contributed by atoms with Crippen molar-refractivity contribution < 1.29 is 9.90 Å². The summed E-state index contributed by atoms with van der Waals surface area (Å²) in [5.74, 6) is -0.176. The fourth-order valence-corrected chi connectivity index (χ4v) is 3.18. The van der Waals surface area contributed by atoms with E-state index in [-0.39, 0.29) is 37.3 Å². The molecule has 1 fully saturated rings. The van der Waals surface area contributed by atoms with E-state index in [1.54, 1.807) is 12.4 Å². The normalized spacial score (nSPS) is 18.6. The van der Waals surface area contributed by atoms with Gasteiger partial charge in [-0.3, -0.25) is 4.79 Å². The molecule has 1 aliphatic rings. The molecule has 1 saturated heterocycles. The van der Waals surface area contributed by atoms with Gasteiger partial charge in [0.2, 0.25) is 0 Å². The minimum absolute atomic E-state index is 0. The summed E-state index contributed by atoms with van der Waals surface area (Å²) in [6, 6.07) is 13.5. The molecule has 0 spiro atoms. The van der Waals surface area contributed by atoms with Crippen molar-refractivity contribution in [3.8, 4) is 11.1 Å². The van der Waals surface area contributed by atoms with Crippen LogP contribution in [0.3, 0.4) is 0 Å². The molecular formula is C19H22Cl2N4O2. The van der Waals surface area contributed by atoms with Crippen molar-refractivity contribution in [2.24, 2.45) is 0 Å². The number of H-pyrrole nitrogens is 1. The minimum Gasteiger partial charge on any atom is -0.387 e. The topological polar surface area (TPSA) is 90.0 Å². The Kier molecular flexibility index (Phi) is 6.84. The van der Waals surface area contributed by atoms with Gasteiger partial charge in [-0.05, 0) is 48.4 Å². The van der Waals surface area contributed by atoms with Crippen LogP contribution in [0.25, 0.3) is 22.2 Å². The summed E-state index contributed by atoms with van der Waals surface area (Å²) >= 11 is 0. The molecule has 0 saturated carbocycles. The van der Waals surface area contributed by atoms with E-state index in [9.17, 15) is 9.90 Å². The van der Waals surface area contributed by atoms with Gasteiger partial charge in [-0.25, -0.2) is 4.98 Å². The molecule has 2 heterocycles. The predicted octanol–water partition coefficient (Wildman–Crippen LogP) is 2.53. The molecule has 6 nitrogen and oxygen atoms in total. The molecule has 1 aromatic heterocycles. The van der Waals surface area contributed by atoms with Crippen molar-refractivity contribution in [1.82, 2.24) is 20.6 Å². The number of nitrogens with one attached hydrogen (secondary N) is 3. The van der Waals surface area contributed by atoms with Crippen LogP contribution in [0, 0.1) is 0 Å². The maximum absolute atomic E-state index is 12.4. The lowest BCUT2D eigenvalue weighted by Crippen LogP contribution is -2.44. The smallest absolute Gasteiger partial charge is 0.251 e. The molecule has 0 aliphatic carbocycles. The molecule has 144 valence electrons.